The Hall–Kier alpha value is -4.10. The fourth-order valence-electron chi connectivity index (χ4n) is 4.13. The van der Waals surface area contributed by atoms with Gasteiger partial charge in [0.2, 0.25) is 5.91 Å². The molecule has 0 saturated heterocycles. The molecule has 2 N–H and O–H groups in total. The summed E-state index contributed by atoms with van der Waals surface area (Å²) in [5.74, 6) is 0.882. The van der Waals surface area contributed by atoms with Gasteiger partial charge in [0.25, 0.3) is 0 Å². The third-order valence-electron chi connectivity index (χ3n) is 6.13. The lowest BCUT2D eigenvalue weighted by Crippen LogP contribution is -2.41. The molecular formula is C31H28F3NO3. The van der Waals surface area contributed by atoms with E-state index in [-0.39, 0.29) is 18.7 Å². The first-order valence-corrected chi connectivity index (χ1v) is 12.3. The number of halogens is 3. The van der Waals surface area contributed by atoms with Crippen LogP contribution in [0.2, 0.25) is 0 Å². The number of rotatable bonds is 10. The van der Waals surface area contributed by atoms with Crippen molar-refractivity contribution in [3.05, 3.63) is 131 Å². The zero-order chi connectivity index (χ0) is 27.0. The Morgan fingerprint density at radius 2 is 1.42 bits per heavy atom. The largest absolute Gasteiger partial charge is 0.457 e. The van der Waals surface area contributed by atoms with E-state index in [1.165, 1.54) is 12.1 Å². The molecule has 0 aliphatic heterocycles. The van der Waals surface area contributed by atoms with Crippen molar-refractivity contribution in [2.45, 2.75) is 37.6 Å². The van der Waals surface area contributed by atoms with Gasteiger partial charge in [-0.25, -0.2) is 0 Å². The van der Waals surface area contributed by atoms with Gasteiger partial charge in [0.1, 0.15) is 11.5 Å². The maximum atomic E-state index is 13.0. The average Bonchev–Trinajstić information content (AvgIpc) is 2.92. The molecule has 1 amide bonds. The molecule has 0 bridgehead atoms. The molecule has 7 heteroatoms. The van der Waals surface area contributed by atoms with Crippen LogP contribution in [0.4, 0.5) is 13.2 Å². The van der Waals surface area contributed by atoms with Crippen molar-refractivity contribution >= 4 is 5.91 Å². The van der Waals surface area contributed by atoms with E-state index in [1.807, 2.05) is 60.7 Å². The van der Waals surface area contributed by atoms with Gasteiger partial charge in [-0.05, 0) is 65.9 Å². The molecule has 0 heterocycles. The van der Waals surface area contributed by atoms with Gasteiger partial charge in [0, 0.05) is 6.42 Å². The summed E-state index contributed by atoms with van der Waals surface area (Å²) in [5.41, 5.74) is 1.32. The highest BCUT2D eigenvalue weighted by atomic mass is 19.4. The SMILES string of the molecule is O=C(CCc1ccccc1)NC(Cc1ccc(C(F)(F)F)cc1)C(O)c1cccc(Oc2ccccc2)c1. The van der Waals surface area contributed by atoms with E-state index >= 15 is 0 Å². The van der Waals surface area contributed by atoms with Crippen LogP contribution in [-0.2, 0) is 23.8 Å². The highest BCUT2D eigenvalue weighted by Gasteiger charge is 2.30. The van der Waals surface area contributed by atoms with Crippen LogP contribution in [0.1, 0.15) is 34.8 Å². The number of aliphatic hydroxyl groups excluding tert-OH is 1. The molecule has 38 heavy (non-hydrogen) atoms. The Kier molecular flexibility index (Phi) is 8.81. The van der Waals surface area contributed by atoms with Crippen molar-refractivity contribution in [3.8, 4) is 11.5 Å². The van der Waals surface area contributed by atoms with Crippen molar-refractivity contribution in [1.82, 2.24) is 5.32 Å². The topological polar surface area (TPSA) is 58.6 Å². The van der Waals surface area contributed by atoms with E-state index in [2.05, 4.69) is 5.32 Å². The number of alkyl halides is 3. The van der Waals surface area contributed by atoms with E-state index in [4.69, 9.17) is 4.74 Å². The molecule has 0 aliphatic carbocycles. The summed E-state index contributed by atoms with van der Waals surface area (Å²) in [4.78, 5) is 12.9. The fourth-order valence-corrected chi connectivity index (χ4v) is 4.13. The third kappa shape index (κ3) is 7.70. The highest BCUT2D eigenvalue weighted by molar-refractivity contribution is 5.76. The van der Waals surface area contributed by atoms with Crippen LogP contribution in [0.3, 0.4) is 0 Å². The summed E-state index contributed by atoms with van der Waals surface area (Å²) in [5, 5.41) is 14.2. The minimum Gasteiger partial charge on any atom is -0.457 e. The molecule has 0 fully saturated rings. The highest BCUT2D eigenvalue weighted by Crippen LogP contribution is 2.30. The number of benzene rings is 4. The Morgan fingerprint density at radius 3 is 2.08 bits per heavy atom. The van der Waals surface area contributed by atoms with Crippen LogP contribution in [0.5, 0.6) is 11.5 Å². The van der Waals surface area contributed by atoms with E-state index in [0.29, 0.717) is 29.0 Å². The van der Waals surface area contributed by atoms with Gasteiger partial charge in [-0.3, -0.25) is 4.79 Å². The second kappa shape index (κ2) is 12.4. The van der Waals surface area contributed by atoms with Gasteiger partial charge < -0.3 is 15.2 Å². The van der Waals surface area contributed by atoms with Crippen molar-refractivity contribution in [3.63, 3.8) is 0 Å². The lowest BCUT2D eigenvalue weighted by atomic mass is 9.95. The van der Waals surface area contributed by atoms with Crippen molar-refractivity contribution in [2.75, 3.05) is 0 Å². The lowest BCUT2D eigenvalue weighted by Gasteiger charge is -2.25. The van der Waals surface area contributed by atoms with Crippen LogP contribution in [0.15, 0.2) is 109 Å². The summed E-state index contributed by atoms with van der Waals surface area (Å²) in [6.45, 7) is 0. The van der Waals surface area contributed by atoms with Crippen LogP contribution in [0, 0.1) is 0 Å². The molecule has 0 aromatic heterocycles. The molecule has 0 spiro atoms. The molecule has 4 rings (SSSR count). The number of ether oxygens (including phenoxy) is 1. The second-order valence-corrected chi connectivity index (χ2v) is 8.99. The predicted octanol–water partition coefficient (Wildman–Crippen LogP) is 6.89. The molecule has 0 radical (unpaired) electrons. The number of hydrogen-bond acceptors (Lipinski definition) is 3. The quantitative estimate of drug-likeness (QED) is 0.240. The summed E-state index contributed by atoms with van der Waals surface area (Å²) < 4.78 is 44.9. The zero-order valence-electron chi connectivity index (χ0n) is 20.6. The standard InChI is InChI=1S/C31H28F3NO3/c32-31(33,34)25-17-14-23(15-18-25)20-28(35-29(36)19-16-22-8-3-1-4-9-22)30(37)24-10-7-13-27(21-24)38-26-11-5-2-6-12-26/h1-15,17-18,21,28,30,37H,16,19-20H2,(H,35,36). The van der Waals surface area contributed by atoms with Gasteiger partial charge >= 0.3 is 6.18 Å². The van der Waals surface area contributed by atoms with Crippen molar-refractivity contribution in [1.29, 1.82) is 0 Å². The molecule has 0 saturated carbocycles. The van der Waals surface area contributed by atoms with Crippen LogP contribution in [0.25, 0.3) is 0 Å². The van der Waals surface area contributed by atoms with E-state index in [9.17, 15) is 23.1 Å². The summed E-state index contributed by atoms with van der Waals surface area (Å²) in [7, 11) is 0. The number of amides is 1. The van der Waals surface area contributed by atoms with Gasteiger partial charge in [0.15, 0.2) is 0 Å². The first-order valence-electron chi connectivity index (χ1n) is 12.3. The Balaban J connectivity index is 1.52. The first-order chi connectivity index (χ1) is 18.3. The normalized spacial score (nSPS) is 12.9. The van der Waals surface area contributed by atoms with Crippen LogP contribution in [-0.4, -0.2) is 17.1 Å². The molecule has 4 aromatic rings. The maximum absolute atomic E-state index is 13.0. The number of para-hydroxylation sites is 1. The summed E-state index contributed by atoms with van der Waals surface area (Å²) in [6, 6.07) is 29.6. The zero-order valence-corrected chi connectivity index (χ0v) is 20.6. The molecular weight excluding hydrogens is 491 g/mol. The smallest absolute Gasteiger partial charge is 0.416 e. The Morgan fingerprint density at radius 1 is 0.789 bits per heavy atom. The van der Waals surface area contributed by atoms with Gasteiger partial charge in [0.05, 0.1) is 17.7 Å². The molecule has 2 unspecified atom stereocenters. The third-order valence-corrected chi connectivity index (χ3v) is 6.13. The molecule has 0 aliphatic rings. The molecule has 4 nitrogen and oxygen atoms in total. The van der Waals surface area contributed by atoms with E-state index < -0.39 is 23.9 Å². The molecule has 196 valence electrons. The molecule has 2 atom stereocenters. The number of hydrogen-bond donors (Lipinski definition) is 2. The second-order valence-electron chi connectivity index (χ2n) is 8.99. The van der Waals surface area contributed by atoms with Gasteiger partial charge in [-0.2, -0.15) is 13.2 Å². The number of aliphatic hydroxyl groups is 1. The predicted molar refractivity (Wildman–Crippen MR) is 140 cm³/mol. The number of carbonyl (C=O) groups excluding carboxylic acids is 1. The van der Waals surface area contributed by atoms with E-state index in [1.54, 1.807) is 24.3 Å². The molecule has 4 aromatic carbocycles. The van der Waals surface area contributed by atoms with E-state index in [0.717, 1.165) is 17.7 Å². The van der Waals surface area contributed by atoms with Crippen LogP contribution >= 0.6 is 0 Å². The minimum atomic E-state index is -4.44. The average molecular weight is 520 g/mol. The van der Waals surface area contributed by atoms with Crippen molar-refractivity contribution < 1.29 is 27.8 Å². The van der Waals surface area contributed by atoms with Gasteiger partial charge in [-0.1, -0.05) is 72.8 Å². The summed E-state index contributed by atoms with van der Waals surface area (Å²) in [6.07, 6.45) is -4.70. The fraction of sp³-hybridized carbons (Fsp3) is 0.194. The number of nitrogens with one attached hydrogen (secondary N) is 1. The monoisotopic (exact) mass is 519 g/mol. The Labute approximate surface area is 219 Å². The number of aryl methyl sites for hydroxylation is 1. The van der Waals surface area contributed by atoms with Crippen LogP contribution < -0.4 is 10.1 Å². The first kappa shape index (κ1) is 26.9. The Bertz CT molecular complexity index is 1310. The number of carbonyl (C=O) groups is 1. The maximum Gasteiger partial charge on any atom is 0.416 e. The van der Waals surface area contributed by atoms with Crippen molar-refractivity contribution in [2.24, 2.45) is 0 Å². The lowest BCUT2D eigenvalue weighted by molar-refractivity contribution is -0.137. The summed E-state index contributed by atoms with van der Waals surface area (Å²) >= 11 is 0. The van der Waals surface area contributed by atoms with Gasteiger partial charge in [-0.15, -0.1) is 0 Å². The minimum absolute atomic E-state index is 0.139.